The molecule has 0 aromatic rings. The molecule has 0 fully saturated rings. The Morgan fingerprint density at radius 2 is 0.762 bits per heavy atom. The molecule has 0 aromatic carbocycles. The molecule has 0 spiro atoms. The van der Waals surface area contributed by atoms with Crippen molar-refractivity contribution in [2.75, 3.05) is 119 Å². The first kappa shape index (κ1) is 39.8. The molecule has 0 aliphatic rings. The van der Waals surface area contributed by atoms with Crippen LogP contribution in [0.15, 0.2) is 12.2 Å². The van der Waals surface area contributed by atoms with E-state index in [2.05, 4.69) is 6.58 Å². The molecule has 0 radical (unpaired) electrons. The maximum Gasteiger partial charge on any atom is 0.333 e. The van der Waals surface area contributed by atoms with Crippen LogP contribution >= 0.6 is 0 Å². The van der Waals surface area contributed by atoms with Gasteiger partial charge < -0.3 is 52.5 Å². The Morgan fingerprint density at radius 1 is 0.476 bits per heavy atom. The third-order valence-electron chi connectivity index (χ3n) is 4.93. The Hall–Kier alpha value is -2.17. The van der Waals surface area contributed by atoms with Crippen LogP contribution in [0.25, 0.3) is 0 Å². The normalized spacial score (nSPS) is 11.0. The number of carboxylic acid groups (broad SMARTS) is 1. The summed E-state index contributed by atoms with van der Waals surface area (Å²) < 4.78 is 52.9. The summed E-state index contributed by atoms with van der Waals surface area (Å²) in [5.41, 5.74) is 0.362. The highest BCUT2D eigenvalue weighted by atomic mass is 16.6. The Kier molecular flexibility index (Phi) is 30.1. The average molecular weight is 611 g/mol. The lowest BCUT2D eigenvalue weighted by molar-refractivity contribution is -0.146. The minimum Gasteiger partial charge on any atom is -0.481 e. The highest BCUT2D eigenvalue weighted by Gasteiger charge is 2.04. The van der Waals surface area contributed by atoms with Gasteiger partial charge in [0.05, 0.1) is 106 Å². The van der Waals surface area contributed by atoms with Crippen LogP contribution in [0, 0.1) is 0 Å². The van der Waals surface area contributed by atoms with Crippen LogP contribution in [0.5, 0.6) is 0 Å². The Labute approximate surface area is 248 Å². The quantitative estimate of drug-likeness (QED) is 0.0644. The molecule has 1 N–H and O–H groups in total. The number of aliphatic carboxylic acids is 1. The van der Waals surface area contributed by atoms with Crippen LogP contribution in [0.1, 0.15) is 32.6 Å². The summed E-state index contributed by atoms with van der Waals surface area (Å²) in [4.78, 5) is 33.0. The third-order valence-corrected chi connectivity index (χ3v) is 4.93. The van der Waals surface area contributed by atoms with E-state index in [9.17, 15) is 14.4 Å². The van der Waals surface area contributed by atoms with Gasteiger partial charge >= 0.3 is 17.9 Å². The summed E-state index contributed by atoms with van der Waals surface area (Å²) in [5.74, 6) is -1.64. The fraction of sp³-hybridized carbons (Fsp3) is 0.821. The van der Waals surface area contributed by atoms with E-state index in [1.807, 2.05) is 0 Å². The maximum absolute atomic E-state index is 11.5. The van der Waals surface area contributed by atoms with Crippen LogP contribution in [-0.4, -0.2) is 142 Å². The molecule has 0 bridgehead atoms. The molecular weight excluding hydrogens is 560 g/mol. The number of ether oxygens (including phenoxy) is 10. The first-order valence-electron chi connectivity index (χ1n) is 14.3. The van der Waals surface area contributed by atoms with Crippen molar-refractivity contribution in [1.82, 2.24) is 0 Å². The SMILES string of the molecule is C=C(C)C(=O)OCCOCCOCCOCCOCCOCCOCCOCCOCCOC(=O)CCCCC(=O)O. The highest BCUT2D eigenvalue weighted by Crippen LogP contribution is 2.01. The van der Waals surface area contributed by atoms with Crippen molar-refractivity contribution in [3.05, 3.63) is 12.2 Å². The fourth-order valence-corrected chi connectivity index (χ4v) is 2.79. The van der Waals surface area contributed by atoms with Crippen LogP contribution in [-0.2, 0) is 61.8 Å². The van der Waals surface area contributed by atoms with Gasteiger partial charge in [-0.2, -0.15) is 0 Å². The van der Waals surface area contributed by atoms with E-state index in [0.29, 0.717) is 118 Å². The zero-order valence-electron chi connectivity index (χ0n) is 25.0. The van der Waals surface area contributed by atoms with Crippen LogP contribution in [0.3, 0.4) is 0 Å². The molecule has 0 rings (SSSR count). The van der Waals surface area contributed by atoms with Gasteiger partial charge in [0.1, 0.15) is 13.2 Å². The van der Waals surface area contributed by atoms with Crippen molar-refractivity contribution in [2.45, 2.75) is 32.6 Å². The zero-order valence-corrected chi connectivity index (χ0v) is 25.0. The molecular formula is C28H50O14. The number of hydrogen-bond donors (Lipinski definition) is 1. The fourth-order valence-electron chi connectivity index (χ4n) is 2.79. The Morgan fingerprint density at radius 3 is 1.07 bits per heavy atom. The second kappa shape index (κ2) is 31.8. The number of rotatable bonds is 33. The summed E-state index contributed by atoms with van der Waals surface area (Å²) in [6.07, 6.45) is 1.22. The molecule has 0 heterocycles. The van der Waals surface area contributed by atoms with Crippen molar-refractivity contribution >= 4 is 17.9 Å². The third kappa shape index (κ3) is 32.3. The van der Waals surface area contributed by atoms with Gasteiger partial charge in [0.15, 0.2) is 0 Å². The van der Waals surface area contributed by atoms with Crippen LogP contribution in [0.2, 0.25) is 0 Å². The number of unbranched alkanes of at least 4 members (excludes halogenated alkanes) is 1. The minimum atomic E-state index is -0.866. The minimum absolute atomic E-state index is 0.0575. The van der Waals surface area contributed by atoms with Crippen molar-refractivity contribution in [3.63, 3.8) is 0 Å². The Balaban J connectivity index is 3.13. The molecule has 0 saturated carbocycles. The van der Waals surface area contributed by atoms with Gasteiger partial charge in [-0.15, -0.1) is 0 Å². The molecule has 0 aliphatic carbocycles. The van der Waals surface area contributed by atoms with E-state index in [1.165, 1.54) is 0 Å². The smallest absolute Gasteiger partial charge is 0.333 e. The summed E-state index contributed by atoms with van der Waals surface area (Å²) in [7, 11) is 0. The van der Waals surface area contributed by atoms with Crippen LogP contribution < -0.4 is 0 Å². The number of esters is 2. The lowest BCUT2D eigenvalue weighted by Gasteiger charge is -2.09. The molecule has 0 aromatic heterocycles. The first-order valence-corrected chi connectivity index (χ1v) is 14.3. The molecule has 0 saturated heterocycles. The lowest BCUT2D eigenvalue weighted by atomic mass is 10.2. The van der Waals surface area contributed by atoms with Crippen molar-refractivity contribution in [1.29, 1.82) is 0 Å². The van der Waals surface area contributed by atoms with Gasteiger partial charge in [0.25, 0.3) is 0 Å². The summed E-state index contributed by atoms with van der Waals surface area (Å²) in [6.45, 7) is 12.2. The monoisotopic (exact) mass is 610 g/mol. The van der Waals surface area contributed by atoms with Gasteiger partial charge in [-0.1, -0.05) is 6.58 Å². The maximum atomic E-state index is 11.5. The highest BCUT2D eigenvalue weighted by molar-refractivity contribution is 5.86. The van der Waals surface area contributed by atoms with E-state index in [1.54, 1.807) is 6.92 Å². The van der Waals surface area contributed by atoms with E-state index in [0.717, 1.165) is 0 Å². The number of hydrogen-bond acceptors (Lipinski definition) is 13. The largest absolute Gasteiger partial charge is 0.481 e. The summed E-state index contributed by atoms with van der Waals surface area (Å²) in [5, 5.41) is 8.53. The molecule has 0 unspecified atom stereocenters. The summed E-state index contributed by atoms with van der Waals surface area (Å²) >= 11 is 0. The predicted octanol–water partition coefficient (Wildman–Crippen LogP) is 1.43. The summed E-state index contributed by atoms with van der Waals surface area (Å²) in [6, 6.07) is 0. The molecule has 14 heteroatoms. The number of carbonyl (C=O) groups excluding carboxylic acids is 2. The second-order valence-electron chi connectivity index (χ2n) is 8.64. The van der Waals surface area contributed by atoms with E-state index >= 15 is 0 Å². The van der Waals surface area contributed by atoms with E-state index < -0.39 is 11.9 Å². The van der Waals surface area contributed by atoms with Gasteiger partial charge in [0, 0.05) is 18.4 Å². The molecule has 0 atom stereocenters. The topological polar surface area (TPSA) is 164 Å². The van der Waals surface area contributed by atoms with Gasteiger partial charge in [-0.05, 0) is 19.8 Å². The van der Waals surface area contributed by atoms with Crippen molar-refractivity contribution in [2.24, 2.45) is 0 Å². The lowest BCUT2D eigenvalue weighted by Crippen LogP contribution is -2.15. The molecule has 246 valence electrons. The standard InChI is InChI=1S/C28H50O14/c1-25(2)28(32)42-24-22-40-20-18-38-16-14-36-12-10-34-8-7-33-9-11-35-13-15-37-17-19-39-21-23-41-27(31)6-4-3-5-26(29)30/h1,3-24H2,2H3,(H,29,30). The van der Waals surface area contributed by atoms with E-state index in [-0.39, 0.29) is 38.6 Å². The van der Waals surface area contributed by atoms with Crippen LogP contribution in [0.4, 0.5) is 0 Å². The average Bonchev–Trinajstić information content (AvgIpc) is 2.96. The molecule has 14 nitrogen and oxygen atoms in total. The Bertz CT molecular complexity index is 673. The van der Waals surface area contributed by atoms with Crippen molar-refractivity contribution < 1.29 is 66.9 Å². The van der Waals surface area contributed by atoms with Gasteiger partial charge in [0.2, 0.25) is 0 Å². The van der Waals surface area contributed by atoms with Gasteiger partial charge in [-0.25, -0.2) is 4.79 Å². The molecule has 0 aliphatic heterocycles. The van der Waals surface area contributed by atoms with Crippen molar-refractivity contribution in [3.8, 4) is 0 Å². The molecule has 42 heavy (non-hydrogen) atoms. The number of carboxylic acids is 1. The molecule has 0 amide bonds. The first-order chi connectivity index (χ1) is 20.4. The predicted molar refractivity (Wildman–Crippen MR) is 149 cm³/mol. The van der Waals surface area contributed by atoms with Gasteiger partial charge in [-0.3, -0.25) is 9.59 Å². The number of carbonyl (C=O) groups is 3. The van der Waals surface area contributed by atoms with E-state index in [4.69, 9.17) is 52.5 Å². The second-order valence-corrected chi connectivity index (χ2v) is 8.64. The zero-order chi connectivity index (χ0) is 30.9.